The van der Waals surface area contributed by atoms with Crippen molar-refractivity contribution in [2.75, 3.05) is 25.0 Å². The molecule has 1 fully saturated rings. The largest absolute Gasteiger partial charge is 0.353 e. The Labute approximate surface area is 117 Å². The van der Waals surface area contributed by atoms with Crippen LogP contribution in [0.25, 0.3) is 0 Å². The quantitative estimate of drug-likeness (QED) is 0.905. The average Bonchev–Trinajstić information content (AvgIpc) is 2.35. The highest BCUT2D eigenvalue weighted by Crippen LogP contribution is 2.25. The number of rotatable bonds is 2. The number of nitrogens with two attached hydrogens (primary N) is 1. The molecule has 4 nitrogen and oxygen atoms in total. The van der Waals surface area contributed by atoms with Crippen LogP contribution in [0, 0.1) is 0 Å². The molecule has 18 heavy (non-hydrogen) atoms. The zero-order valence-corrected chi connectivity index (χ0v) is 12.8. The third kappa shape index (κ3) is 2.68. The number of piperazine rings is 1. The predicted molar refractivity (Wildman–Crippen MR) is 78.7 cm³/mol. The summed E-state index contributed by atoms with van der Waals surface area (Å²) in [6, 6.07) is 3.13. The molecule has 2 atom stereocenters. The molecule has 2 rings (SSSR count). The Hall–Kier alpha value is -0.650. The fraction of sp³-hybridized carbons (Fsp3) is 0.615. The summed E-state index contributed by atoms with van der Waals surface area (Å²) in [6.07, 6.45) is 1.85. The number of nitrogens with zero attached hydrogens (tertiary/aromatic N) is 3. The van der Waals surface area contributed by atoms with Crippen LogP contribution in [0.5, 0.6) is 0 Å². The van der Waals surface area contributed by atoms with E-state index in [0.29, 0.717) is 18.6 Å². The molecule has 1 saturated heterocycles. The Balaban J connectivity index is 2.26. The summed E-state index contributed by atoms with van der Waals surface area (Å²) in [5.74, 6) is 1.03. The maximum absolute atomic E-state index is 5.82. The molecule has 1 aliphatic rings. The lowest BCUT2D eigenvalue weighted by Gasteiger charge is -2.43. The molecule has 2 N–H and O–H groups in total. The average molecular weight is 313 g/mol. The second kappa shape index (κ2) is 5.55. The third-order valence-electron chi connectivity index (χ3n) is 3.79. The van der Waals surface area contributed by atoms with Gasteiger partial charge >= 0.3 is 0 Å². The van der Waals surface area contributed by atoms with E-state index in [0.717, 1.165) is 28.9 Å². The number of anilines is 1. The van der Waals surface area contributed by atoms with Gasteiger partial charge in [0.2, 0.25) is 0 Å². The van der Waals surface area contributed by atoms with E-state index in [1.807, 2.05) is 6.20 Å². The highest BCUT2D eigenvalue weighted by atomic mass is 79.9. The summed E-state index contributed by atoms with van der Waals surface area (Å²) in [6.45, 7) is 7.04. The van der Waals surface area contributed by atoms with E-state index in [1.54, 1.807) is 0 Å². The fourth-order valence-electron chi connectivity index (χ4n) is 2.49. The molecule has 5 heteroatoms. The van der Waals surface area contributed by atoms with Crippen molar-refractivity contribution < 1.29 is 0 Å². The van der Waals surface area contributed by atoms with Crippen LogP contribution < -0.4 is 10.6 Å². The van der Waals surface area contributed by atoms with Gasteiger partial charge in [-0.05, 0) is 42.9 Å². The lowest BCUT2D eigenvalue weighted by molar-refractivity contribution is 0.169. The maximum Gasteiger partial charge on any atom is 0.133 e. The Morgan fingerprint density at radius 1 is 1.39 bits per heavy atom. The van der Waals surface area contributed by atoms with Gasteiger partial charge in [0.05, 0.1) is 0 Å². The third-order valence-corrected chi connectivity index (χ3v) is 4.22. The number of likely N-dealkylation sites (N-methyl/N-ethyl adjacent to an activating group) is 1. The molecule has 0 aliphatic carbocycles. The van der Waals surface area contributed by atoms with Crippen LogP contribution in [0.2, 0.25) is 0 Å². The van der Waals surface area contributed by atoms with E-state index in [-0.39, 0.29) is 0 Å². The molecule has 1 aliphatic heterocycles. The lowest BCUT2D eigenvalue weighted by atomic mass is 10.1. The first-order chi connectivity index (χ1) is 8.52. The summed E-state index contributed by atoms with van der Waals surface area (Å²) >= 11 is 3.45. The minimum absolute atomic E-state index is 0.525. The van der Waals surface area contributed by atoms with Crippen LogP contribution in [-0.2, 0) is 6.54 Å². The number of halogens is 1. The van der Waals surface area contributed by atoms with E-state index in [1.165, 1.54) is 0 Å². The number of hydrogen-bond acceptors (Lipinski definition) is 4. The summed E-state index contributed by atoms with van der Waals surface area (Å²) in [5.41, 5.74) is 6.93. The van der Waals surface area contributed by atoms with Crippen LogP contribution in [-0.4, -0.2) is 42.1 Å². The van der Waals surface area contributed by atoms with Crippen LogP contribution in [0.1, 0.15) is 19.4 Å². The molecular weight excluding hydrogens is 292 g/mol. The molecule has 0 radical (unpaired) electrons. The minimum Gasteiger partial charge on any atom is -0.353 e. The molecule has 0 aromatic carbocycles. The van der Waals surface area contributed by atoms with Gasteiger partial charge in [0, 0.05) is 48.0 Å². The van der Waals surface area contributed by atoms with Crippen molar-refractivity contribution in [3.63, 3.8) is 0 Å². The first-order valence-corrected chi connectivity index (χ1v) is 7.13. The first-order valence-electron chi connectivity index (χ1n) is 6.34. The fourth-order valence-corrected chi connectivity index (χ4v) is 2.87. The van der Waals surface area contributed by atoms with Crippen LogP contribution >= 0.6 is 15.9 Å². The van der Waals surface area contributed by atoms with E-state index in [4.69, 9.17) is 5.73 Å². The highest BCUT2D eigenvalue weighted by molar-refractivity contribution is 9.10. The minimum atomic E-state index is 0.525. The van der Waals surface area contributed by atoms with Crippen LogP contribution in [0.15, 0.2) is 16.7 Å². The van der Waals surface area contributed by atoms with E-state index in [9.17, 15) is 0 Å². The first kappa shape index (κ1) is 13.8. The summed E-state index contributed by atoms with van der Waals surface area (Å²) in [5, 5.41) is 0. The SMILES string of the molecule is CC1CN(c2ncc(Br)cc2CN)CC(C)N1C. The Morgan fingerprint density at radius 2 is 2.00 bits per heavy atom. The smallest absolute Gasteiger partial charge is 0.133 e. The van der Waals surface area contributed by atoms with Gasteiger partial charge < -0.3 is 10.6 Å². The van der Waals surface area contributed by atoms with Crippen molar-refractivity contribution in [3.8, 4) is 0 Å². The number of hydrogen-bond donors (Lipinski definition) is 1. The second-order valence-electron chi connectivity index (χ2n) is 5.11. The van der Waals surface area contributed by atoms with Crippen molar-refractivity contribution in [2.24, 2.45) is 5.73 Å². The van der Waals surface area contributed by atoms with Gasteiger partial charge in [0.15, 0.2) is 0 Å². The molecule has 1 aromatic rings. The van der Waals surface area contributed by atoms with Crippen molar-refractivity contribution in [2.45, 2.75) is 32.5 Å². The summed E-state index contributed by atoms with van der Waals surface area (Å²) < 4.78 is 0.988. The van der Waals surface area contributed by atoms with E-state index in [2.05, 4.69) is 57.7 Å². The Morgan fingerprint density at radius 3 is 2.56 bits per heavy atom. The summed E-state index contributed by atoms with van der Waals surface area (Å²) in [7, 11) is 2.19. The Bertz CT molecular complexity index is 411. The van der Waals surface area contributed by atoms with Crippen molar-refractivity contribution >= 4 is 21.7 Å². The van der Waals surface area contributed by atoms with Gasteiger partial charge in [-0.1, -0.05) is 0 Å². The molecule has 0 bridgehead atoms. The monoisotopic (exact) mass is 312 g/mol. The zero-order valence-electron chi connectivity index (χ0n) is 11.2. The molecule has 0 saturated carbocycles. The number of aromatic nitrogens is 1. The lowest BCUT2D eigenvalue weighted by Crippen LogP contribution is -2.55. The van der Waals surface area contributed by atoms with Gasteiger partial charge in [-0.25, -0.2) is 4.98 Å². The topological polar surface area (TPSA) is 45.4 Å². The number of pyridine rings is 1. The highest BCUT2D eigenvalue weighted by Gasteiger charge is 2.28. The molecule has 1 aromatic heterocycles. The van der Waals surface area contributed by atoms with Gasteiger partial charge in [-0.15, -0.1) is 0 Å². The zero-order chi connectivity index (χ0) is 13.3. The van der Waals surface area contributed by atoms with Crippen molar-refractivity contribution in [3.05, 3.63) is 22.3 Å². The van der Waals surface area contributed by atoms with Gasteiger partial charge in [-0.3, -0.25) is 4.90 Å². The molecule has 0 spiro atoms. The predicted octanol–water partition coefficient (Wildman–Crippen LogP) is 1.83. The van der Waals surface area contributed by atoms with E-state index >= 15 is 0 Å². The summed E-state index contributed by atoms with van der Waals surface area (Å²) in [4.78, 5) is 9.31. The Kier molecular flexibility index (Phi) is 4.25. The van der Waals surface area contributed by atoms with Crippen molar-refractivity contribution in [1.82, 2.24) is 9.88 Å². The van der Waals surface area contributed by atoms with E-state index < -0.39 is 0 Å². The standard InChI is InChI=1S/C13H21BrN4/c1-9-7-18(8-10(2)17(9)3)13-11(5-15)4-12(14)6-16-13/h4,6,9-10H,5,7-8,15H2,1-3H3. The van der Waals surface area contributed by atoms with Gasteiger partial charge in [0.1, 0.15) is 5.82 Å². The molecule has 2 unspecified atom stereocenters. The molecule has 2 heterocycles. The normalized spacial score (nSPS) is 25.5. The van der Waals surface area contributed by atoms with Gasteiger partial charge in [0.25, 0.3) is 0 Å². The second-order valence-corrected chi connectivity index (χ2v) is 6.02. The van der Waals surface area contributed by atoms with Gasteiger partial charge in [-0.2, -0.15) is 0 Å². The maximum atomic E-state index is 5.82. The molecule has 0 amide bonds. The molecular formula is C13H21BrN4. The van der Waals surface area contributed by atoms with Crippen LogP contribution in [0.3, 0.4) is 0 Å². The van der Waals surface area contributed by atoms with Crippen LogP contribution in [0.4, 0.5) is 5.82 Å². The molecule has 100 valence electrons. The van der Waals surface area contributed by atoms with Crippen molar-refractivity contribution in [1.29, 1.82) is 0 Å².